The second-order valence-electron chi connectivity index (χ2n) is 8.27. The molecule has 0 saturated heterocycles. The molecule has 1 aliphatic heterocycles. The fourth-order valence-corrected chi connectivity index (χ4v) is 4.06. The number of hydrogen-bond donors (Lipinski definition) is 3. The minimum absolute atomic E-state index is 0.0429. The average molecular weight is 410 g/mol. The van der Waals surface area contributed by atoms with Gasteiger partial charge in [0.25, 0.3) is 0 Å². The third kappa shape index (κ3) is 5.19. The van der Waals surface area contributed by atoms with Crippen molar-refractivity contribution in [3.8, 4) is 0 Å². The van der Waals surface area contributed by atoms with Crippen LogP contribution in [0.1, 0.15) is 31.4 Å². The van der Waals surface area contributed by atoms with Gasteiger partial charge in [-0.1, -0.05) is 50.2 Å². The van der Waals surface area contributed by atoms with E-state index >= 15 is 0 Å². The quantitative estimate of drug-likeness (QED) is 0.685. The minimum Gasteiger partial charge on any atom is -0.394 e. The van der Waals surface area contributed by atoms with E-state index in [4.69, 9.17) is 0 Å². The number of aliphatic hydroxyl groups is 1. The summed E-state index contributed by atoms with van der Waals surface area (Å²) in [5.41, 5.74) is 3.78. The molecule has 0 saturated carbocycles. The monoisotopic (exact) mass is 409 g/mol. The number of hydrogen-bond acceptors (Lipinski definition) is 4. The topological polar surface area (TPSA) is 81.7 Å². The van der Waals surface area contributed by atoms with Gasteiger partial charge in [-0.15, -0.1) is 0 Å². The maximum Gasteiger partial charge on any atom is 0.243 e. The van der Waals surface area contributed by atoms with Crippen molar-refractivity contribution < 1.29 is 14.7 Å². The number of benzene rings is 2. The van der Waals surface area contributed by atoms with E-state index in [2.05, 4.69) is 10.6 Å². The molecule has 3 N–H and O–H groups in total. The Kier molecular flexibility index (Phi) is 7.11. The van der Waals surface area contributed by atoms with E-state index in [0.29, 0.717) is 24.9 Å². The summed E-state index contributed by atoms with van der Waals surface area (Å²) in [6, 6.07) is 15.0. The van der Waals surface area contributed by atoms with E-state index in [9.17, 15) is 14.7 Å². The van der Waals surface area contributed by atoms with Crippen molar-refractivity contribution in [2.45, 2.75) is 45.2 Å². The summed E-state index contributed by atoms with van der Waals surface area (Å²) >= 11 is 0. The Balaban J connectivity index is 1.79. The molecule has 0 fully saturated rings. The smallest absolute Gasteiger partial charge is 0.243 e. The van der Waals surface area contributed by atoms with Gasteiger partial charge in [-0.05, 0) is 42.0 Å². The number of rotatable bonds is 6. The van der Waals surface area contributed by atoms with Crippen LogP contribution in [0.15, 0.2) is 48.5 Å². The van der Waals surface area contributed by atoms with E-state index in [0.717, 1.165) is 16.8 Å². The van der Waals surface area contributed by atoms with Crippen molar-refractivity contribution in [2.24, 2.45) is 5.92 Å². The van der Waals surface area contributed by atoms with Crippen LogP contribution >= 0.6 is 0 Å². The van der Waals surface area contributed by atoms with Gasteiger partial charge in [0.05, 0.1) is 12.6 Å². The number of fused-ring (bicyclic) bond motifs is 1. The Morgan fingerprint density at radius 1 is 1.23 bits per heavy atom. The zero-order chi connectivity index (χ0) is 21.7. The van der Waals surface area contributed by atoms with Crippen molar-refractivity contribution in [1.82, 2.24) is 5.32 Å². The van der Waals surface area contributed by atoms with Crippen LogP contribution in [0.2, 0.25) is 0 Å². The van der Waals surface area contributed by atoms with Crippen LogP contribution in [0.3, 0.4) is 0 Å². The average Bonchev–Trinajstić information content (AvgIpc) is 2.72. The second kappa shape index (κ2) is 9.76. The third-order valence-electron chi connectivity index (χ3n) is 5.58. The first-order valence-electron chi connectivity index (χ1n) is 10.5. The Hall–Kier alpha value is -2.86. The van der Waals surface area contributed by atoms with Crippen LogP contribution in [-0.4, -0.2) is 42.7 Å². The second-order valence-corrected chi connectivity index (χ2v) is 8.27. The zero-order valence-electron chi connectivity index (χ0n) is 17.9. The summed E-state index contributed by atoms with van der Waals surface area (Å²) in [6.07, 6.45) is 1.63. The number of aryl methyl sites for hydroxylation is 1. The molecule has 2 unspecified atom stereocenters. The molecule has 1 heterocycles. The summed E-state index contributed by atoms with van der Waals surface area (Å²) in [5, 5.41) is 15.6. The van der Waals surface area contributed by atoms with Gasteiger partial charge in [0.1, 0.15) is 6.04 Å². The lowest BCUT2D eigenvalue weighted by atomic mass is 9.95. The largest absolute Gasteiger partial charge is 0.394 e. The number of likely N-dealkylation sites (N-methyl/N-ethyl adjacent to an activating group) is 1. The molecule has 6 nitrogen and oxygen atoms in total. The van der Waals surface area contributed by atoms with Crippen molar-refractivity contribution in [3.05, 3.63) is 59.7 Å². The van der Waals surface area contributed by atoms with Crippen LogP contribution in [0.5, 0.6) is 0 Å². The van der Waals surface area contributed by atoms with Gasteiger partial charge in [-0.3, -0.25) is 9.59 Å². The highest BCUT2D eigenvalue weighted by atomic mass is 16.3. The summed E-state index contributed by atoms with van der Waals surface area (Å²) in [5.74, 6) is -0.0439. The van der Waals surface area contributed by atoms with Crippen LogP contribution < -0.4 is 15.5 Å². The van der Waals surface area contributed by atoms with Gasteiger partial charge in [0.15, 0.2) is 0 Å². The molecule has 2 aromatic rings. The van der Waals surface area contributed by atoms with Crippen LogP contribution in [0, 0.1) is 5.92 Å². The molecule has 0 aromatic heterocycles. The van der Waals surface area contributed by atoms with Crippen molar-refractivity contribution >= 4 is 23.2 Å². The molecule has 2 atom stereocenters. The van der Waals surface area contributed by atoms with Crippen molar-refractivity contribution in [1.29, 1.82) is 0 Å². The number of carbonyl (C=O) groups is 2. The van der Waals surface area contributed by atoms with Crippen molar-refractivity contribution in [2.75, 3.05) is 23.9 Å². The van der Waals surface area contributed by atoms with Crippen LogP contribution in [-0.2, 0) is 22.4 Å². The normalized spacial score (nSPS) is 19.0. The Labute approximate surface area is 178 Å². The first-order chi connectivity index (χ1) is 14.4. The standard InChI is InChI=1S/C24H31N3O3/c1-16(2)23-24(30)26-20(15-28)13-18-10-11-19(14-21(18)27(23)3)25-22(29)12-9-17-7-5-4-6-8-17/h4-8,10-11,14,16,20,23,28H,9,12-13,15H2,1-3H3,(H,25,29)(H,26,30). The fraction of sp³-hybridized carbons (Fsp3) is 0.417. The van der Waals surface area contributed by atoms with E-state index in [-0.39, 0.29) is 36.4 Å². The fourth-order valence-electron chi connectivity index (χ4n) is 4.06. The van der Waals surface area contributed by atoms with Gasteiger partial charge >= 0.3 is 0 Å². The molecule has 3 rings (SSSR count). The number of aliphatic hydroxyl groups excluding tert-OH is 1. The molecule has 2 aromatic carbocycles. The van der Waals surface area contributed by atoms with E-state index in [1.54, 1.807) is 0 Å². The summed E-state index contributed by atoms with van der Waals surface area (Å²) in [7, 11) is 1.91. The van der Waals surface area contributed by atoms with Gasteiger partial charge in [-0.25, -0.2) is 0 Å². The molecule has 2 amide bonds. The molecule has 160 valence electrons. The molecule has 0 aliphatic carbocycles. The number of anilines is 2. The molecule has 0 radical (unpaired) electrons. The predicted octanol–water partition coefficient (Wildman–Crippen LogP) is 2.75. The number of nitrogens with one attached hydrogen (secondary N) is 2. The highest BCUT2D eigenvalue weighted by molar-refractivity contribution is 5.92. The third-order valence-corrected chi connectivity index (χ3v) is 5.58. The lowest BCUT2D eigenvalue weighted by Crippen LogP contribution is -2.54. The molecular weight excluding hydrogens is 378 g/mol. The first kappa shape index (κ1) is 21.8. The summed E-state index contributed by atoms with van der Waals surface area (Å²) in [4.78, 5) is 27.2. The van der Waals surface area contributed by atoms with Crippen LogP contribution in [0.4, 0.5) is 11.4 Å². The predicted molar refractivity (Wildman–Crippen MR) is 120 cm³/mol. The first-order valence-corrected chi connectivity index (χ1v) is 10.5. The number of nitrogens with zero attached hydrogens (tertiary/aromatic N) is 1. The molecule has 30 heavy (non-hydrogen) atoms. The van der Waals surface area contributed by atoms with Crippen LogP contribution in [0.25, 0.3) is 0 Å². The Bertz CT molecular complexity index is 883. The highest BCUT2D eigenvalue weighted by Gasteiger charge is 2.32. The molecule has 0 spiro atoms. The van der Waals surface area contributed by atoms with Gasteiger partial charge in [0.2, 0.25) is 11.8 Å². The maximum absolute atomic E-state index is 12.7. The zero-order valence-corrected chi connectivity index (χ0v) is 17.9. The lowest BCUT2D eigenvalue weighted by molar-refractivity contribution is -0.124. The van der Waals surface area contributed by atoms with E-state index in [1.165, 1.54) is 0 Å². The molecular formula is C24H31N3O3. The van der Waals surface area contributed by atoms with E-state index in [1.807, 2.05) is 74.3 Å². The summed E-state index contributed by atoms with van der Waals surface area (Å²) < 4.78 is 0. The number of carbonyl (C=O) groups excluding carboxylic acids is 2. The molecule has 0 bridgehead atoms. The summed E-state index contributed by atoms with van der Waals surface area (Å²) in [6.45, 7) is 3.90. The SMILES string of the molecule is CC(C)C1C(=O)NC(CO)Cc2ccc(NC(=O)CCc3ccccc3)cc2N1C. The van der Waals surface area contributed by atoms with Gasteiger partial charge in [0, 0.05) is 24.8 Å². The Morgan fingerprint density at radius 2 is 1.97 bits per heavy atom. The number of amides is 2. The Morgan fingerprint density at radius 3 is 2.63 bits per heavy atom. The minimum atomic E-state index is -0.359. The molecule has 6 heteroatoms. The van der Waals surface area contributed by atoms with E-state index < -0.39 is 0 Å². The lowest BCUT2D eigenvalue weighted by Gasteiger charge is -2.37. The van der Waals surface area contributed by atoms with Crippen molar-refractivity contribution in [3.63, 3.8) is 0 Å². The highest BCUT2D eigenvalue weighted by Crippen LogP contribution is 2.30. The van der Waals surface area contributed by atoms with Gasteiger partial charge < -0.3 is 20.6 Å². The maximum atomic E-state index is 12.7. The van der Waals surface area contributed by atoms with Gasteiger partial charge in [-0.2, -0.15) is 0 Å². The molecule has 1 aliphatic rings.